The topological polar surface area (TPSA) is 75.7 Å². The molecule has 2 aromatic rings. The molecule has 0 atom stereocenters. The van der Waals surface area contributed by atoms with Crippen molar-refractivity contribution in [2.24, 2.45) is 0 Å². The number of amides is 2. The number of ether oxygens (including phenoxy) is 1. The molecule has 0 aliphatic carbocycles. The molecule has 1 aliphatic heterocycles. The zero-order valence-electron chi connectivity index (χ0n) is 13.1. The van der Waals surface area contributed by atoms with Gasteiger partial charge in [0.05, 0.1) is 7.11 Å². The van der Waals surface area contributed by atoms with E-state index in [1.165, 1.54) is 12.0 Å². The van der Waals surface area contributed by atoms with Crippen molar-refractivity contribution in [1.82, 2.24) is 4.90 Å². The average molecular weight is 324 g/mol. The standard InChI is InChI=1S/C18H16N2O4/c1-24-16(21)11-20-10-13-7-8-14(9-15(13)18(20)23)19-17(22)12-5-3-2-4-6-12/h2-9H,10-11H2,1H3,(H,19,22). The fourth-order valence-corrected chi connectivity index (χ4v) is 2.58. The van der Waals surface area contributed by atoms with Crippen LogP contribution in [-0.4, -0.2) is 36.3 Å². The molecule has 122 valence electrons. The first-order valence-electron chi connectivity index (χ1n) is 7.44. The van der Waals surface area contributed by atoms with E-state index in [9.17, 15) is 14.4 Å². The van der Waals surface area contributed by atoms with Crippen molar-refractivity contribution < 1.29 is 19.1 Å². The van der Waals surface area contributed by atoms with Crippen LogP contribution in [0.4, 0.5) is 5.69 Å². The Morgan fingerprint density at radius 3 is 2.62 bits per heavy atom. The highest BCUT2D eigenvalue weighted by Gasteiger charge is 2.29. The van der Waals surface area contributed by atoms with Gasteiger partial charge in [0.2, 0.25) is 0 Å². The summed E-state index contributed by atoms with van der Waals surface area (Å²) in [4.78, 5) is 37.3. The third-order valence-electron chi connectivity index (χ3n) is 3.83. The van der Waals surface area contributed by atoms with Gasteiger partial charge in [0.25, 0.3) is 11.8 Å². The van der Waals surface area contributed by atoms with Crippen LogP contribution in [-0.2, 0) is 16.1 Å². The lowest BCUT2D eigenvalue weighted by Gasteiger charge is -2.13. The van der Waals surface area contributed by atoms with Crippen LogP contribution >= 0.6 is 0 Å². The number of carbonyl (C=O) groups excluding carboxylic acids is 3. The number of carbonyl (C=O) groups is 3. The Morgan fingerprint density at radius 2 is 1.92 bits per heavy atom. The van der Waals surface area contributed by atoms with Gasteiger partial charge in [-0.1, -0.05) is 24.3 Å². The van der Waals surface area contributed by atoms with Gasteiger partial charge in [-0.05, 0) is 29.8 Å². The number of nitrogens with one attached hydrogen (secondary N) is 1. The van der Waals surface area contributed by atoms with Crippen LogP contribution in [0, 0.1) is 0 Å². The van der Waals surface area contributed by atoms with Crippen LogP contribution in [0.2, 0.25) is 0 Å². The largest absolute Gasteiger partial charge is 0.468 e. The quantitative estimate of drug-likeness (QED) is 0.874. The number of anilines is 1. The van der Waals surface area contributed by atoms with Crippen LogP contribution in [0.1, 0.15) is 26.3 Å². The molecule has 0 radical (unpaired) electrons. The second-order valence-electron chi connectivity index (χ2n) is 5.43. The van der Waals surface area contributed by atoms with E-state index >= 15 is 0 Å². The van der Waals surface area contributed by atoms with E-state index < -0.39 is 5.97 Å². The Bertz CT molecular complexity index is 802. The highest BCUT2D eigenvalue weighted by atomic mass is 16.5. The SMILES string of the molecule is COC(=O)CN1Cc2ccc(NC(=O)c3ccccc3)cc2C1=O. The summed E-state index contributed by atoms with van der Waals surface area (Å²) in [6.45, 7) is 0.270. The van der Waals surface area contributed by atoms with Gasteiger partial charge in [-0.3, -0.25) is 14.4 Å². The molecule has 0 fully saturated rings. The van der Waals surface area contributed by atoms with Gasteiger partial charge in [0, 0.05) is 23.4 Å². The minimum atomic E-state index is -0.464. The van der Waals surface area contributed by atoms with Gasteiger partial charge >= 0.3 is 5.97 Å². The molecule has 1 heterocycles. The Hall–Kier alpha value is -3.15. The van der Waals surface area contributed by atoms with Gasteiger partial charge in [0.1, 0.15) is 6.54 Å². The number of esters is 1. The number of methoxy groups -OCH3 is 1. The van der Waals surface area contributed by atoms with Crippen molar-refractivity contribution in [3.05, 3.63) is 65.2 Å². The number of fused-ring (bicyclic) bond motifs is 1. The predicted octanol–water partition coefficient (Wildman–Crippen LogP) is 2.07. The first-order chi connectivity index (χ1) is 11.6. The lowest BCUT2D eigenvalue weighted by atomic mass is 10.1. The highest BCUT2D eigenvalue weighted by molar-refractivity contribution is 6.06. The summed E-state index contributed by atoms with van der Waals surface area (Å²) in [7, 11) is 1.28. The van der Waals surface area contributed by atoms with E-state index in [-0.39, 0.29) is 18.4 Å². The van der Waals surface area contributed by atoms with Gasteiger partial charge in [-0.15, -0.1) is 0 Å². The third kappa shape index (κ3) is 3.12. The van der Waals surface area contributed by atoms with Crippen molar-refractivity contribution in [3.8, 4) is 0 Å². The van der Waals surface area contributed by atoms with Crippen LogP contribution in [0.15, 0.2) is 48.5 Å². The van der Waals surface area contributed by atoms with Gasteiger partial charge in [-0.2, -0.15) is 0 Å². The minimum Gasteiger partial charge on any atom is -0.468 e. The fraction of sp³-hybridized carbons (Fsp3) is 0.167. The molecule has 0 aromatic heterocycles. The van der Waals surface area contributed by atoms with E-state index in [0.717, 1.165) is 5.56 Å². The fourth-order valence-electron chi connectivity index (χ4n) is 2.58. The molecule has 0 saturated carbocycles. The third-order valence-corrected chi connectivity index (χ3v) is 3.83. The number of nitrogens with zero attached hydrogens (tertiary/aromatic N) is 1. The zero-order valence-corrected chi connectivity index (χ0v) is 13.1. The Kier molecular flexibility index (Phi) is 4.29. The summed E-state index contributed by atoms with van der Waals surface area (Å²) >= 11 is 0. The van der Waals surface area contributed by atoms with Crippen molar-refractivity contribution in [3.63, 3.8) is 0 Å². The second kappa shape index (κ2) is 6.54. The van der Waals surface area contributed by atoms with Gasteiger partial charge in [-0.25, -0.2) is 0 Å². The molecular weight excluding hydrogens is 308 g/mol. The van der Waals surface area contributed by atoms with Crippen LogP contribution in [0.25, 0.3) is 0 Å². The summed E-state index contributed by atoms with van der Waals surface area (Å²) in [5.74, 6) is -0.951. The van der Waals surface area contributed by atoms with Crippen LogP contribution in [0.5, 0.6) is 0 Å². The summed E-state index contributed by atoms with van der Waals surface area (Å²) in [6, 6.07) is 14.0. The van der Waals surface area contributed by atoms with Crippen molar-refractivity contribution >= 4 is 23.5 Å². The minimum absolute atomic E-state index is 0.0876. The van der Waals surface area contributed by atoms with Crippen molar-refractivity contribution in [2.45, 2.75) is 6.54 Å². The molecule has 3 rings (SSSR count). The molecule has 24 heavy (non-hydrogen) atoms. The lowest BCUT2D eigenvalue weighted by molar-refractivity contribution is -0.141. The summed E-state index contributed by atoms with van der Waals surface area (Å²) in [6.07, 6.45) is 0. The van der Waals surface area contributed by atoms with Crippen LogP contribution in [0.3, 0.4) is 0 Å². The van der Waals surface area contributed by atoms with Crippen molar-refractivity contribution in [1.29, 1.82) is 0 Å². The maximum atomic E-state index is 12.4. The number of rotatable bonds is 4. The Morgan fingerprint density at radius 1 is 1.17 bits per heavy atom. The zero-order chi connectivity index (χ0) is 17.1. The summed E-state index contributed by atoms with van der Waals surface area (Å²) in [5.41, 5.74) is 2.39. The van der Waals surface area contributed by atoms with E-state index in [4.69, 9.17) is 0 Å². The lowest BCUT2D eigenvalue weighted by Crippen LogP contribution is -2.30. The predicted molar refractivity (Wildman–Crippen MR) is 87.6 cm³/mol. The molecule has 6 nitrogen and oxygen atoms in total. The molecule has 1 N–H and O–H groups in total. The van der Waals surface area contributed by atoms with Crippen molar-refractivity contribution in [2.75, 3.05) is 19.0 Å². The number of benzene rings is 2. The molecule has 0 spiro atoms. The summed E-state index contributed by atoms with van der Waals surface area (Å²) in [5, 5.41) is 2.77. The Balaban J connectivity index is 1.75. The molecule has 1 aliphatic rings. The molecule has 0 bridgehead atoms. The Labute approximate surface area is 139 Å². The number of hydrogen-bond acceptors (Lipinski definition) is 4. The highest BCUT2D eigenvalue weighted by Crippen LogP contribution is 2.26. The van der Waals surface area contributed by atoms with E-state index in [1.54, 1.807) is 42.5 Å². The molecule has 2 aromatic carbocycles. The molecule has 0 saturated heterocycles. The van der Waals surface area contributed by atoms with E-state index in [0.29, 0.717) is 23.4 Å². The maximum absolute atomic E-state index is 12.4. The van der Waals surface area contributed by atoms with E-state index in [2.05, 4.69) is 10.1 Å². The van der Waals surface area contributed by atoms with E-state index in [1.807, 2.05) is 6.07 Å². The second-order valence-corrected chi connectivity index (χ2v) is 5.43. The molecule has 2 amide bonds. The molecule has 0 unspecified atom stereocenters. The first-order valence-corrected chi connectivity index (χ1v) is 7.44. The van der Waals surface area contributed by atoms with Crippen LogP contribution < -0.4 is 5.32 Å². The molecular formula is C18H16N2O4. The van der Waals surface area contributed by atoms with Gasteiger partial charge in [0.15, 0.2) is 0 Å². The maximum Gasteiger partial charge on any atom is 0.325 e. The number of hydrogen-bond donors (Lipinski definition) is 1. The molecule has 6 heteroatoms. The first kappa shape index (κ1) is 15.7. The van der Waals surface area contributed by atoms with Gasteiger partial charge < -0.3 is 15.0 Å². The normalized spacial score (nSPS) is 12.7. The smallest absolute Gasteiger partial charge is 0.325 e. The monoisotopic (exact) mass is 324 g/mol. The summed E-state index contributed by atoms with van der Waals surface area (Å²) < 4.78 is 4.59. The average Bonchev–Trinajstić information content (AvgIpc) is 2.91.